The highest BCUT2D eigenvalue weighted by Gasteiger charge is 2.33. The predicted molar refractivity (Wildman–Crippen MR) is 83.8 cm³/mol. The summed E-state index contributed by atoms with van der Waals surface area (Å²) in [5.74, 6) is -0.911. The fourth-order valence-corrected chi connectivity index (χ4v) is 3.08. The van der Waals surface area contributed by atoms with Gasteiger partial charge in [-0.25, -0.2) is 13.1 Å². The highest BCUT2D eigenvalue weighted by molar-refractivity contribution is 7.89. The molecule has 0 saturated heterocycles. The first-order valence-electron chi connectivity index (χ1n) is 6.41. The lowest BCUT2D eigenvalue weighted by Crippen LogP contribution is -2.37. The molecule has 2 amide bonds. The van der Waals surface area contributed by atoms with Crippen LogP contribution in [0.4, 0.5) is 0 Å². The van der Waals surface area contributed by atoms with Crippen molar-refractivity contribution < 1.29 is 18.0 Å². The molecule has 1 unspecified atom stereocenters. The van der Waals surface area contributed by atoms with Crippen LogP contribution in [0.1, 0.15) is 27.6 Å². The summed E-state index contributed by atoms with van der Waals surface area (Å²) in [5.41, 5.74) is 0.345. The minimum Gasteiger partial charge on any atom is -0.316 e. The third-order valence-electron chi connectivity index (χ3n) is 3.44. The number of nitrogens with zero attached hydrogens (tertiary/aromatic N) is 1. The summed E-state index contributed by atoms with van der Waals surface area (Å²) in [7, 11) is -0.620. The lowest BCUT2D eigenvalue weighted by Gasteiger charge is -2.12. The van der Waals surface area contributed by atoms with Gasteiger partial charge in [-0.2, -0.15) is 0 Å². The van der Waals surface area contributed by atoms with E-state index in [4.69, 9.17) is 0 Å². The Hall–Kier alpha value is -1.48. The Morgan fingerprint density at radius 3 is 2.36 bits per heavy atom. The molecule has 9 heteroatoms. The second kappa shape index (κ2) is 6.74. The van der Waals surface area contributed by atoms with E-state index in [0.717, 1.165) is 4.90 Å². The van der Waals surface area contributed by atoms with Crippen molar-refractivity contribution in [1.29, 1.82) is 0 Å². The zero-order chi connectivity index (χ0) is 15.8. The van der Waals surface area contributed by atoms with E-state index in [2.05, 4.69) is 10.0 Å². The number of carbonyl (C=O) groups excluding carboxylic acids is 2. The normalized spacial score (nSPS) is 15.5. The first-order chi connectivity index (χ1) is 9.77. The fourth-order valence-electron chi connectivity index (χ4n) is 1.93. The average Bonchev–Trinajstić information content (AvgIpc) is 2.69. The van der Waals surface area contributed by atoms with E-state index in [1.807, 2.05) is 6.92 Å². The largest absolute Gasteiger partial charge is 0.316 e. The number of rotatable bonds is 5. The molecule has 1 atom stereocenters. The molecule has 122 valence electrons. The van der Waals surface area contributed by atoms with Gasteiger partial charge < -0.3 is 5.32 Å². The summed E-state index contributed by atoms with van der Waals surface area (Å²) in [4.78, 5) is 24.6. The summed E-state index contributed by atoms with van der Waals surface area (Å²) in [6, 6.07) is 3.92. The molecule has 0 saturated carbocycles. The van der Waals surface area contributed by atoms with Crippen LogP contribution in [0.5, 0.6) is 0 Å². The van der Waals surface area contributed by atoms with E-state index < -0.39 is 21.8 Å². The Labute approximate surface area is 135 Å². The quantitative estimate of drug-likeness (QED) is 0.743. The van der Waals surface area contributed by atoms with Crippen molar-refractivity contribution in [2.45, 2.75) is 17.9 Å². The van der Waals surface area contributed by atoms with Crippen LogP contribution in [0, 0.1) is 0 Å². The third-order valence-corrected chi connectivity index (χ3v) is 4.87. The van der Waals surface area contributed by atoms with Crippen molar-refractivity contribution in [2.24, 2.45) is 0 Å². The summed E-state index contributed by atoms with van der Waals surface area (Å²) in [6.45, 7) is 2.06. The fraction of sp³-hybridized carbons (Fsp3) is 0.385. The molecule has 0 aliphatic carbocycles. The van der Waals surface area contributed by atoms with Gasteiger partial charge in [0.15, 0.2) is 0 Å². The molecule has 1 aliphatic heterocycles. The van der Waals surface area contributed by atoms with Gasteiger partial charge >= 0.3 is 0 Å². The Kier molecular flexibility index (Phi) is 5.69. The number of imide groups is 1. The highest BCUT2D eigenvalue weighted by atomic mass is 35.5. The standard InChI is InChI=1S/C13H17N3O4S.ClH/c1-8(14-2)7-15-21(19,20)9-4-5-10-11(6-9)13(18)16(3)12(10)17;/h4-6,8,14-15H,7H2,1-3H3;1H. The molecule has 2 N–H and O–H groups in total. The first kappa shape index (κ1) is 18.6. The maximum atomic E-state index is 12.2. The number of carbonyl (C=O) groups is 2. The number of amides is 2. The topological polar surface area (TPSA) is 95.6 Å². The molecule has 0 fully saturated rings. The minimum atomic E-state index is -3.72. The Morgan fingerprint density at radius 1 is 1.18 bits per heavy atom. The molecule has 0 spiro atoms. The number of likely N-dealkylation sites (N-methyl/N-ethyl adjacent to an activating group) is 1. The Bertz CT molecular complexity index is 705. The average molecular weight is 348 g/mol. The first-order valence-corrected chi connectivity index (χ1v) is 7.89. The maximum Gasteiger partial charge on any atom is 0.261 e. The molecule has 0 radical (unpaired) electrons. The second-order valence-corrected chi connectivity index (χ2v) is 6.69. The minimum absolute atomic E-state index is 0. The van der Waals surface area contributed by atoms with E-state index in [1.165, 1.54) is 25.2 Å². The van der Waals surface area contributed by atoms with Crippen LogP contribution in [-0.4, -0.2) is 51.8 Å². The molecular formula is C13H18ClN3O4S. The Morgan fingerprint density at radius 2 is 1.77 bits per heavy atom. The number of hydrogen-bond acceptors (Lipinski definition) is 5. The van der Waals surface area contributed by atoms with Gasteiger partial charge in [0.1, 0.15) is 0 Å². The molecule has 1 aromatic rings. The molecule has 22 heavy (non-hydrogen) atoms. The van der Waals surface area contributed by atoms with Crippen LogP contribution in [-0.2, 0) is 10.0 Å². The molecule has 1 aliphatic rings. The van der Waals surface area contributed by atoms with Gasteiger partial charge in [-0.15, -0.1) is 12.4 Å². The number of halogens is 1. The van der Waals surface area contributed by atoms with E-state index in [1.54, 1.807) is 7.05 Å². The van der Waals surface area contributed by atoms with Gasteiger partial charge in [0.25, 0.3) is 11.8 Å². The lowest BCUT2D eigenvalue weighted by molar-refractivity contribution is 0.0693. The molecule has 1 heterocycles. The third kappa shape index (κ3) is 3.30. The molecule has 1 aromatic carbocycles. The number of sulfonamides is 1. The van der Waals surface area contributed by atoms with E-state index in [0.29, 0.717) is 0 Å². The molecular weight excluding hydrogens is 330 g/mol. The zero-order valence-electron chi connectivity index (χ0n) is 12.4. The van der Waals surface area contributed by atoms with Gasteiger partial charge in [0.05, 0.1) is 16.0 Å². The second-order valence-electron chi connectivity index (χ2n) is 4.92. The van der Waals surface area contributed by atoms with Crippen LogP contribution in [0.15, 0.2) is 23.1 Å². The Balaban J connectivity index is 0.00000242. The van der Waals surface area contributed by atoms with E-state index >= 15 is 0 Å². The lowest BCUT2D eigenvalue weighted by atomic mass is 10.1. The van der Waals surface area contributed by atoms with E-state index in [9.17, 15) is 18.0 Å². The van der Waals surface area contributed by atoms with Crippen LogP contribution < -0.4 is 10.0 Å². The highest BCUT2D eigenvalue weighted by Crippen LogP contribution is 2.24. The van der Waals surface area contributed by atoms with Gasteiger partial charge in [0.2, 0.25) is 10.0 Å². The zero-order valence-corrected chi connectivity index (χ0v) is 14.0. The van der Waals surface area contributed by atoms with Crippen molar-refractivity contribution in [3.05, 3.63) is 29.3 Å². The molecule has 0 bridgehead atoms. The smallest absolute Gasteiger partial charge is 0.261 e. The van der Waals surface area contributed by atoms with Gasteiger partial charge in [-0.1, -0.05) is 0 Å². The van der Waals surface area contributed by atoms with Crippen molar-refractivity contribution in [1.82, 2.24) is 14.9 Å². The summed E-state index contributed by atoms with van der Waals surface area (Å²) < 4.78 is 26.8. The van der Waals surface area contributed by atoms with Gasteiger partial charge in [0, 0.05) is 19.6 Å². The van der Waals surface area contributed by atoms with E-state index in [-0.39, 0.29) is 41.0 Å². The van der Waals surface area contributed by atoms with Crippen LogP contribution in [0.25, 0.3) is 0 Å². The SMILES string of the molecule is CNC(C)CNS(=O)(=O)c1ccc2c(c1)C(=O)N(C)C2=O.Cl. The van der Waals surface area contributed by atoms with Crippen molar-refractivity contribution in [3.8, 4) is 0 Å². The monoisotopic (exact) mass is 347 g/mol. The molecule has 0 aromatic heterocycles. The molecule has 2 rings (SSSR count). The number of benzene rings is 1. The van der Waals surface area contributed by atoms with Gasteiger partial charge in [-0.05, 0) is 32.2 Å². The van der Waals surface area contributed by atoms with Gasteiger partial charge in [-0.3, -0.25) is 14.5 Å². The van der Waals surface area contributed by atoms with Crippen molar-refractivity contribution >= 4 is 34.2 Å². The number of nitrogens with one attached hydrogen (secondary N) is 2. The number of fused-ring (bicyclic) bond motifs is 1. The van der Waals surface area contributed by atoms with Crippen LogP contribution in [0.3, 0.4) is 0 Å². The summed E-state index contributed by atoms with van der Waals surface area (Å²) in [6.07, 6.45) is 0. The number of hydrogen-bond donors (Lipinski definition) is 2. The van der Waals surface area contributed by atoms with Crippen LogP contribution >= 0.6 is 12.4 Å². The van der Waals surface area contributed by atoms with Crippen LogP contribution in [0.2, 0.25) is 0 Å². The molecule has 7 nitrogen and oxygen atoms in total. The predicted octanol–water partition coefficient (Wildman–Crippen LogP) is 0.220. The van der Waals surface area contributed by atoms with Crippen molar-refractivity contribution in [2.75, 3.05) is 20.6 Å². The summed E-state index contributed by atoms with van der Waals surface area (Å²) in [5, 5.41) is 2.92. The van der Waals surface area contributed by atoms with Crippen molar-refractivity contribution in [3.63, 3.8) is 0 Å². The summed E-state index contributed by atoms with van der Waals surface area (Å²) >= 11 is 0. The maximum absolute atomic E-state index is 12.2.